The summed E-state index contributed by atoms with van der Waals surface area (Å²) in [6.07, 6.45) is 3.31. The monoisotopic (exact) mass is 515 g/mol. The van der Waals surface area contributed by atoms with Gasteiger partial charge < -0.3 is 9.64 Å². The second kappa shape index (κ2) is 9.86. The van der Waals surface area contributed by atoms with Gasteiger partial charge in [-0.3, -0.25) is 4.90 Å². The molecule has 3 aromatic rings. The fourth-order valence-electron chi connectivity index (χ4n) is 4.45. The van der Waals surface area contributed by atoms with Gasteiger partial charge in [-0.15, -0.1) is 5.10 Å². The van der Waals surface area contributed by atoms with E-state index in [1.807, 2.05) is 6.92 Å². The highest BCUT2D eigenvalue weighted by atomic mass is 32.2. The SMILES string of the molecule is Cc1ccc(S(=O)(=O)O[C@H]2CCCCN2c2ccc(N3CC(Cn4ccnn4)OC3=O)cc2F)cc1. The Morgan fingerprint density at radius 2 is 1.97 bits per heavy atom. The average molecular weight is 516 g/mol. The molecule has 190 valence electrons. The summed E-state index contributed by atoms with van der Waals surface area (Å²) in [5, 5.41) is 7.60. The Morgan fingerprint density at radius 1 is 1.17 bits per heavy atom. The number of carbonyl (C=O) groups is 1. The van der Waals surface area contributed by atoms with E-state index in [0.29, 0.717) is 25.2 Å². The van der Waals surface area contributed by atoms with Crippen molar-refractivity contribution < 1.29 is 26.5 Å². The maximum absolute atomic E-state index is 15.3. The van der Waals surface area contributed by atoms with E-state index in [4.69, 9.17) is 8.92 Å². The van der Waals surface area contributed by atoms with Crippen molar-refractivity contribution in [1.82, 2.24) is 15.0 Å². The zero-order valence-corrected chi connectivity index (χ0v) is 20.5. The van der Waals surface area contributed by atoms with Gasteiger partial charge in [0.1, 0.15) is 18.1 Å². The summed E-state index contributed by atoms with van der Waals surface area (Å²) >= 11 is 0. The van der Waals surface area contributed by atoms with Gasteiger partial charge in [0.05, 0.1) is 35.6 Å². The molecule has 0 spiro atoms. The molecular weight excluding hydrogens is 489 g/mol. The van der Waals surface area contributed by atoms with E-state index in [1.165, 1.54) is 29.3 Å². The van der Waals surface area contributed by atoms with E-state index < -0.39 is 34.4 Å². The lowest BCUT2D eigenvalue weighted by molar-refractivity contribution is 0.129. The Kier molecular flexibility index (Phi) is 6.63. The molecule has 1 aromatic heterocycles. The van der Waals surface area contributed by atoms with Crippen molar-refractivity contribution >= 4 is 27.6 Å². The number of nitrogens with zero attached hydrogens (tertiary/aromatic N) is 5. The number of ether oxygens (including phenoxy) is 1. The minimum absolute atomic E-state index is 0.0578. The lowest BCUT2D eigenvalue weighted by atomic mass is 10.1. The molecule has 1 amide bonds. The van der Waals surface area contributed by atoms with E-state index in [1.54, 1.807) is 40.0 Å². The first kappa shape index (κ1) is 24.2. The largest absolute Gasteiger partial charge is 0.442 e. The second-order valence-corrected chi connectivity index (χ2v) is 10.5. The normalized spacial score (nSPS) is 20.6. The van der Waals surface area contributed by atoms with E-state index in [9.17, 15) is 13.2 Å². The third kappa shape index (κ3) is 5.05. The van der Waals surface area contributed by atoms with Crippen molar-refractivity contribution in [3.8, 4) is 0 Å². The predicted octanol–water partition coefficient (Wildman–Crippen LogP) is 3.47. The first-order valence-electron chi connectivity index (χ1n) is 11.7. The molecule has 5 rings (SSSR count). The van der Waals surface area contributed by atoms with Gasteiger partial charge in [0.15, 0.2) is 0 Å². The minimum atomic E-state index is -4.03. The number of benzene rings is 2. The van der Waals surface area contributed by atoms with Gasteiger partial charge >= 0.3 is 6.09 Å². The van der Waals surface area contributed by atoms with Gasteiger partial charge in [0.2, 0.25) is 0 Å². The summed E-state index contributed by atoms with van der Waals surface area (Å²) in [5.74, 6) is -0.580. The molecule has 3 heterocycles. The molecule has 10 nitrogen and oxygen atoms in total. The highest BCUT2D eigenvalue weighted by Gasteiger charge is 2.34. The summed E-state index contributed by atoms with van der Waals surface area (Å²) in [7, 11) is -4.03. The highest BCUT2D eigenvalue weighted by Crippen LogP contribution is 2.33. The number of hydrogen-bond acceptors (Lipinski definition) is 8. The van der Waals surface area contributed by atoms with Crippen LogP contribution in [0.5, 0.6) is 0 Å². The summed E-state index contributed by atoms with van der Waals surface area (Å²) < 4.78 is 53.6. The van der Waals surface area contributed by atoms with Crippen LogP contribution in [0.3, 0.4) is 0 Å². The van der Waals surface area contributed by atoms with E-state index in [2.05, 4.69) is 10.3 Å². The molecule has 0 saturated carbocycles. The standard InChI is InChI=1S/C24H26FN5O5S/c1-17-5-8-20(9-6-17)36(32,33)35-23-4-2-3-12-29(23)22-10-7-18(14-21(22)25)30-16-19(34-24(30)31)15-28-13-11-26-27-28/h5-11,13-14,19,23H,2-4,12,15-16H2,1H3/t19?,23-/m0/s1. The van der Waals surface area contributed by atoms with Crippen LogP contribution in [-0.2, 0) is 25.6 Å². The van der Waals surface area contributed by atoms with Crippen molar-refractivity contribution in [3.05, 3.63) is 66.2 Å². The maximum Gasteiger partial charge on any atom is 0.414 e. The van der Waals surface area contributed by atoms with Gasteiger partial charge in [-0.05, 0) is 56.5 Å². The zero-order valence-electron chi connectivity index (χ0n) is 19.7. The fraction of sp³-hybridized carbons (Fsp3) is 0.375. The van der Waals surface area contributed by atoms with Crippen LogP contribution in [0, 0.1) is 12.7 Å². The Morgan fingerprint density at radius 3 is 2.69 bits per heavy atom. The number of cyclic esters (lactones) is 1. The van der Waals surface area contributed by atoms with Gasteiger partial charge in [-0.25, -0.2) is 18.0 Å². The molecule has 2 atom stereocenters. The number of rotatable bonds is 7. The summed E-state index contributed by atoms with van der Waals surface area (Å²) in [5.41, 5.74) is 1.50. The Hall–Kier alpha value is -3.51. The number of amides is 1. The van der Waals surface area contributed by atoms with E-state index in [-0.39, 0.29) is 17.1 Å². The molecule has 2 aliphatic rings. The van der Waals surface area contributed by atoms with Crippen LogP contribution in [0.1, 0.15) is 24.8 Å². The molecule has 12 heteroatoms. The Balaban J connectivity index is 1.32. The van der Waals surface area contributed by atoms with Gasteiger partial charge in [0.25, 0.3) is 10.1 Å². The van der Waals surface area contributed by atoms with Crippen molar-refractivity contribution in [2.24, 2.45) is 0 Å². The second-order valence-electron chi connectivity index (χ2n) is 8.88. The minimum Gasteiger partial charge on any atom is -0.442 e. The Labute approximate surface area is 208 Å². The van der Waals surface area contributed by atoms with Crippen molar-refractivity contribution in [3.63, 3.8) is 0 Å². The third-order valence-electron chi connectivity index (χ3n) is 6.28. The molecule has 0 radical (unpaired) electrons. The van der Waals surface area contributed by atoms with E-state index >= 15 is 4.39 Å². The molecule has 0 aliphatic carbocycles. The maximum atomic E-state index is 15.3. The van der Waals surface area contributed by atoms with Crippen molar-refractivity contribution in [1.29, 1.82) is 0 Å². The van der Waals surface area contributed by atoms with Gasteiger partial charge in [-0.1, -0.05) is 22.9 Å². The molecular formula is C24H26FN5O5S. The summed E-state index contributed by atoms with van der Waals surface area (Å²) in [6.45, 7) is 2.88. The summed E-state index contributed by atoms with van der Waals surface area (Å²) in [4.78, 5) is 15.5. The van der Waals surface area contributed by atoms with Crippen molar-refractivity contribution in [2.45, 2.75) is 50.0 Å². The smallest absolute Gasteiger partial charge is 0.414 e. The average Bonchev–Trinajstić information content (AvgIpc) is 3.49. The van der Waals surface area contributed by atoms with Gasteiger partial charge in [0, 0.05) is 12.7 Å². The number of anilines is 2. The molecule has 2 aliphatic heterocycles. The highest BCUT2D eigenvalue weighted by molar-refractivity contribution is 7.86. The van der Waals surface area contributed by atoms with Crippen LogP contribution in [-0.4, -0.2) is 54.9 Å². The Bertz CT molecular complexity index is 1330. The van der Waals surface area contributed by atoms with Crippen LogP contribution in [0.4, 0.5) is 20.6 Å². The van der Waals surface area contributed by atoms with Crippen LogP contribution in [0.15, 0.2) is 59.8 Å². The number of aryl methyl sites for hydroxylation is 1. The summed E-state index contributed by atoms with van der Waals surface area (Å²) in [6, 6.07) is 10.8. The van der Waals surface area contributed by atoms with Crippen molar-refractivity contribution in [2.75, 3.05) is 22.9 Å². The van der Waals surface area contributed by atoms with Crippen LogP contribution >= 0.6 is 0 Å². The zero-order chi connectivity index (χ0) is 25.3. The lowest BCUT2D eigenvalue weighted by Gasteiger charge is -2.36. The molecule has 2 fully saturated rings. The first-order valence-corrected chi connectivity index (χ1v) is 13.1. The molecule has 1 unspecified atom stereocenters. The van der Waals surface area contributed by atoms with E-state index in [0.717, 1.165) is 18.4 Å². The quantitative estimate of drug-likeness (QED) is 0.441. The molecule has 36 heavy (non-hydrogen) atoms. The van der Waals surface area contributed by atoms with Crippen LogP contribution < -0.4 is 9.80 Å². The van der Waals surface area contributed by atoms with Gasteiger partial charge in [-0.2, -0.15) is 8.42 Å². The predicted molar refractivity (Wildman–Crippen MR) is 128 cm³/mol. The number of carbonyl (C=O) groups excluding carboxylic acids is 1. The molecule has 2 saturated heterocycles. The molecule has 0 bridgehead atoms. The van der Waals surface area contributed by atoms with Crippen LogP contribution in [0.25, 0.3) is 0 Å². The fourth-order valence-corrected chi connectivity index (χ4v) is 5.52. The third-order valence-corrected chi connectivity index (χ3v) is 7.61. The number of hydrogen-bond donors (Lipinski definition) is 0. The number of piperidine rings is 1. The number of halogens is 1. The lowest BCUT2D eigenvalue weighted by Crippen LogP contribution is -2.43. The molecule has 0 N–H and O–H groups in total. The topological polar surface area (TPSA) is 107 Å². The van der Waals surface area contributed by atoms with Crippen LogP contribution in [0.2, 0.25) is 0 Å². The number of aromatic nitrogens is 3. The molecule has 2 aromatic carbocycles. The first-order chi connectivity index (χ1) is 17.3.